The number of aromatic nitrogens is 2. The number of nitrogens with zero attached hydrogens (tertiary/aromatic N) is 1. The number of benzene rings is 2. The van der Waals surface area contributed by atoms with Gasteiger partial charge in [-0.2, -0.15) is 0 Å². The molecule has 4 rings (SSSR count). The van der Waals surface area contributed by atoms with Crippen molar-refractivity contribution < 1.29 is 47.8 Å². The van der Waals surface area contributed by atoms with Crippen LogP contribution in [0.3, 0.4) is 0 Å². The van der Waals surface area contributed by atoms with E-state index in [1.165, 1.54) is 6.08 Å². The molecule has 1 saturated heterocycles. The highest BCUT2D eigenvalue weighted by Crippen LogP contribution is 2.31. The van der Waals surface area contributed by atoms with Gasteiger partial charge in [0.2, 0.25) is 22.2 Å². The van der Waals surface area contributed by atoms with Crippen molar-refractivity contribution in [3.63, 3.8) is 0 Å². The molecule has 5 atom stereocenters. The van der Waals surface area contributed by atoms with Crippen molar-refractivity contribution in [3.8, 4) is 5.88 Å². The molecule has 14 nitrogen and oxygen atoms in total. The second kappa shape index (κ2) is 16.8. The Morgan fingerprint density at radius 2 is 1.74 bits per heavy atom. The van der Waals surface area contributed by atoms with E-state index in [1.807, 2.05) is 68.4 Å². The summed E-state index contributed by atoms with van der Waals surface area (Å²) in [4.78, 5) is 11.8. The summed E-state index contributed by atoms with van der Waals surface area (Å²) in [6.07, 6.45) is -4.18. The Morgan fingerprint density at radius 1 is 1.02 bits per heavy atom. The number of rotatable bonds is 15. The Hall–Kier alpha value is -3.83. The summed E-state index contributed by atoms with van der Waals surface area (Å²) >= 11 is 0. The van der Waals surface area contributed by atoms with Crippen LogP contribution in [0.15, 0.2) is 60.7 Å². The van der Waals surface area contributed by atoms with Crippen LogP contribution in [0, 0.1) is 0 Å². The van der Waals surface area contributed by atoms with E-state index < -0.39 is 53.4 Å². The minimum Gasteiger partial charge on any atom is -0.445 e. The molecule has 1 aromatic heterocycles. The molecule has 0 radical (unpaired) electrons. The predicted octanol–water partition coefficient (Wildman–Crippen LogP) is 1.16. The van der Waals surface area contributed by atoms with Gasteiger partial charge in [-0.25, -0.2) is 17.9 Å². The van der Waals surface area contributed by atoms with Gasteiger partial charge in [-0.05, 0) is 22.6 Å². The number of hydrogen-bond acceptors (Lipinski definition) is 11. The van der Waals surface area contributed by atoms with Crippen LogP contribution in [0.2, 0.25) is 0 Å². The molecule has 2 aromatic carbocycles. The van der Waals surface area contributed by atoms with E-state index >= 15 is 0 Å². The van der Waals surface area contributed by atoms with Crippen LogP contribution in [0.25, 0.3) is 6.08 Å². The highest BCUT2D eigenvalue weighted by molar-refractivity contribution is 7.89. The number of ether oxygens (including phenoxy) is 3. The Morgan fingerprint density at radius 3 is 2.43 bits per heavy atom. The highest BCUT2D eigenvalue weighted by atomic mass is 32.2. The van der Waals surface area contributed by atoms with E-state index in [-0.39, 0.29) is 37.2 Å². The van der Waals surface area contributed by atoms with Gasteiger partial charge in [-0.1, -0.05) is 80.6 Å². The van der Waals surface area contributed by atoms with Crippen LogP contribution >= 0.6 is 0 Å². The van der Waals surface area contributed by atoms with E-state index in [9.17, 15) is 33.6 Å². The number of aromatic amines is 1. The largest absolute Gasteiger partial charge is 0.445 e. The van der Waals surface area contributed by atoms with Gasteiger partial charge in [0.15, 0.2) is 0 Å². The van der Waals surface area contributed by atoms with Crippen molar-refractivity contribution in [1.82, 2.24) is 20.2 Å². The Labute approximate surface area is 273 Å². The second-order valence-corrected chi connectivity index (χ2v) is 13.2. The quantitative estimate of drug-likeness (QED) is 0.114. The fourth-order valence-electron chi connectivity index (χ4n) is 4.85. The number of H-pyrrole nitrogens is 1. The van der Waals surface area contributed by atoms with Crippen molar-refractivity contribution in [2.75, 3.05) is 25.4 Å². The fraction of sp³-hybridized carbons (Fsp3) is 0.438. The maximum Gasteiger partial charge on any atom is 0.407 e. The van der Waals surface area contributed by atoms with Crippen molar-refractivity contribution in [2.45, 2.75) is 63.5 Å². The number of aliphatic hydroxyl groups excluding tert-OH is 4. The molecule has 256 valence electrons. The van der Waals surface area contributed by atoms with Crippen molar-refractivity contribution in [2.24, 2.45) is 0 Å². The van der Waals surface area contributed by atoms with Crippen LogP contribution in [0.4, 0.5) is 4.79 Å². The molecule has 0 unspecified atom stereocenters. The lowest BCUT2D eigenvalue weighted by atomic mass is 9.98. The lowest BCUT2D eigenvalue weighted by Crippen LogP contribution is -2.60. The third-order valence-corrected chi connectivity index (χ3v) is 8.71. The predicted molar refractivity (Wildman–Crippen MR) is 172 cm³/mol. The molecule has 1 fully saturated rings. The Balaban J connectivity index is 1.27. The molecule has 47 heavy (non-hydrogen) atoms. The van der Waals surface area contributed by atoms with Crippen LogP contribution in [0.1, 0.15) is 47.7 Å². The summed E-state index contributed by atoms with van der Waals surface area (Å²) in [6.45, 7) is 3.58. The normalized spacial score (nSPS) is 21.6. The van der Waals surface area contributed by atoms with Gasteiger partial charge in [-0.3, -0.25) is 5.10 Å². The monoisotopic (exact) mass is 674 g/mol. The average molecular weight is 675 g/mol. The van der Waals surface area contributed by atoms with Gasteiger partial charge in [-0.15, -0.1) is 5.10 Å². The molecule has 1 aliphatic heterocycles. The maximum absolute atomic E-state index is 12.4. The van der Waals surface area contributed by atoms with E-state index in [2.05, 4.69) is 20.2 Å². The van der Waals surface area contributed by atoms with Gasteiger partial charge >= 0.3 is 6.09 Å². The zero-order valence-corrected chi connectivity index (χ0v) is 27.0. The van der Waals surface area contributed by atoms with Crippen LogP contribution in [-0.2, 0) is 32.5 Å². The SMILES string of the molecule is CC(C)c1[nH]nc(O[C@@H]2O[C@H](CO)[C@@H](O)[C@H](O)[C@H]2O)c1Cc1ccc(C=CCS(=O)(=O)NCCNC(=O)OCc2ccccc2)cc1. The minimum absolute atomic E-state index is 0.0137. The Kier molecular flexibility index (Phi) is 12.9. The number of sulfonamides is 1. The standard InChI is InChI=1S/C32H42N4O10S/c1-20(2)26-24(30(36-35-26)46-31-29(40)28(39)27(38)25(18-37)45-31)17-22-12-10-21(11-13-22)9-6-16-47(42,43)34-15-14-33-32(41)44-19-23-7-4-3-5-8-23/h3-13,20,25,27-29,31,34,37-40H,14-19H2,1-2H3,(H,33,41)(H,35,36)/t25-,27-,28+,29-,31+/m1/s1. The smallest absolute Gasteiger partial charge is 0.407 e. The van der Waals surface area contributed by atoms with Gasteiger partial charge in [0.05, 0.1) is 12.4 Å². The maximum atomic E-state index is 12.4. The number of hydrogen-bond donors (Lipinski definition) is 7. The van der Waals surface area contributed by atoms with Gasteiger partial charge < -0.3 is 40.0 Å². The van der Waals surface area contributed by atoms with Crippen molar-refractivity contribution >= 4 is 22.2 Å². The summed E-state index contributed by atoms with van der Waals surface area (Å²) < 4.78 is 43.6. The third kappa shape index (κ3) is 10.3. The average Bonchev–Trinajstić information content (AvgIpc) is 3.45. The second-order valence-electron chi connectivity index (χ2n) is 11.4. The number of alkyl carbamates (subject to hydrolysis) is 1. The molecule has 0 aliphatic carbocycles. The summed E-state index contributed by atoms with van der Waals surface area (Å²) in [7, 11) is -3.62. The lowest BCUT2D eigenvalue weighted by Gasteiger charge is -2.39. The highest BCUT2D eigenvalue weighted by Gasteiger charge is 2.45. The van der Waals surface area contributed by atoms with E-state index in [0.717, 1.165) is 22.4 Å². The number of amides is 1. The van der Waals surface area contributed by atoms with E-state index in [4.69, 9.17) is 14.2 Å². The van der Waals surface area contributed by atoms with Gasteiger partial charge in [0.25, 0.3) is 0 Å². The first kappa shape index (κ1) is 36.0. The molecule has 3 aromatic rings. The number of nitrogens with one attached hydrogen (secondary N) is 3. The molecule has 0 saturated carbocycles. The molecular weight excluding hydrogens is 632 g/mol. The summed E-state index contributed by atoms with van der Waals surface area (Å²) in [5.41, 5.74) is 4.02. The number of carbonyl (C=O) groups is 1. The number of aliphatic hydroxyl groups is 4. The molecule has 15 heteroatoms. The third-order valence-electron chi connectivity index (χ3n) is 7.43. The first-order valence-corrected chi connectivity index (χ1v) is 16.8. The number of carbonyl (C=O) groups excluding carboxylic acids is 1. The van der Waals surface area contributed by atoms with E-state index in [1.54, 1.807) is 6.08 Å². The first-order chi connectivity index (χ1) is 22.5. The zero-order chi connectivity index (χ0) is 34.0. The van der Waals surface area contributed by atoms with Gasteiger partial charge in [0, 0.05) is 30.8 Å². The van der Waals surface area contributed by atoms with Crippen LogP contribution < -0.4 is 14.8 Å². The molecule has 0 bridgehead atoms. The lowest BCUT2D eigenvalue weighted by molar-refractivity contribution is -0.278. The van der Waals surface area contributed by atoms with Gasteiger partial charge in [0.1, 0.15) is 31.0 Å². The molecule has 0 spiro atoms. The first-order valence-electron chi connectivity index (χ1n) is 15.2. The zero-order valence-electron chi connectivity index (χ0n) is 26.2. The fourth-order valence-corrected chi connectivity index (χ4v) is 5.73. The Bertz CT molecular complexity index is 1560. The topological polar surface area (TPSA) is 213 Å². The molecule has 1 aliphatic rings. The molecule has 1 amide bonds. The van der Waals surface area contributed by atoms with E-state index in [0.29, 0.717) is 12.0 Å². The molecule has 7 N–H and O–H groups in total. The molecular formula is C32H42N4O10S. The summed E-state index contributed by atoms with van der Waals surface area (Å²) in [6, 6.07) is 16.6. The molecule has 2 heterocycles. The summed E-state index contributed by atoms with van der Waals surface area (Å²) in [5, 5.41) is 49.8. The summed E-state index contributed by atoms with van der Waals surface area (Å²) in [5.74, 6) is -0.0517. The minimum atomic E-state index is -3.62. The van der Waals surface area contributed by atoms with Crippen molar-refractivity contribution in [3.05, 3.63) is 88.6 Å². The van der Waals surface area contributed by atoms with Crippen LogP contribution in [-0.4, -0.2) is 101 Å². The van der Waals surface area contributed by atoms with Crippen molar-refractivity contribution in [1.29, 1.82) is 0 Å². The van der Waals surface area contributed by atoms with Crippen LogP contribution in [0.5, 0.6) is 5.88 Å².